The molecule has 0 bridgehead atoms. The molecular formula is C14H20. The standard InChI is InChI=1S/C14H20/c1-4-5-6-7-13-8-10-14(11-9-13)12(2)3/h4,8-12H,1,5-7H2,2-3H3. The van der Waals surface area contributed by atoms with Crippen molar-refractivity contribution in [1.82, 2.24) is 0 Å². The van der Waals surface area contributed by atoms with E-state index in [1.165, 1.54) is 24.0 Å². The van der Waals surface area contributed by atoms with Crippen LogP contribution >= 0.6 is 0 Å². The summed E-state index contributed by atoms with van der Waals surface area (Å²) in [5.74, 6) is 0.636. The van der Waals surface area contributed by atoms with Gasteiger partial charge in [-0.05, 0) is 36.3 Å². The van der Waals surface area contributed by atoms with Crippen molar-refractivity contribution in [3.8, 4) is 0 Å². The molecule has 0 nitrogen and oxygen atoms in total. The van der Waals surface area contributed by atoms with Gasteiger partial charge in [-0.25, -0.2) is 0 Å². The fourth-order valence-corrected chi connectivity index (χ4v) is 1.52. The number of aryl methyl sites for hydroxylation is 1. The van der Waals surface area contributed by atoms with Gasteiger partial charge in [0, 0.05) is 0 Å². The highest BCUT2D eigenvalue weighted by Gasteiger charge is 1.98. The highest BCUT2D eigenvalue weighted by atomic mass is 14.0. The first-order valence-corrected chi connectivity index (χ1v) is 5.43. The molecule has 0 fully saturated rings. The van der Waals surface area contributed by atoms with Crippen molar-refractivity contribution in [2.24, 2.45) is 0 Å². The van der Waals surface area contributed by atoms with Crippen molar-refractivity contribution in [3.63, 3.8) is 0 Å². The summed E-state index contributed by atoms with van der Waals surface area (Å²) in [7, 11) is 0. The van der Waals surface area contributed by atoms with E-state index in [2.05, 4.69) is 44.7 Å². The van der Waals surface area contributed by atoms with Gasteiger partial charge in [-0.2, -0.15) is 0 Å². The third-order valence-electron chi connectivity index (χ3n) is 2.52. The number of hydrogen-bond donors (Lipinski definition) is 0. The van der Waals surface area contributed by atoms with Crippen LogP contribution in [0.1, 0.15) is 43.7 Å². The van der Waals surface area contributed by atoms with Crippen LogP contribution in [0.25, 0.3) is 0 Å². The van der Waals surface area contributed by atoms with Crippen LogP contribution in [-0.2, 0) is 6.42 Å². The lowest BCUT2D eigenvalue weighted by Crippen LogP contribution is -1.89. The molecule has 0 aromatic heterocycles. The first-order chi connectivity index (χ1) is 6.74. The Morgan fingerprint density at radius 3 is 2.36 bits per heavy atom. The van der Waals surface area contributed by atoms with Gasteiger partial charge in [0.25, 0.3) is 0 Å². The van der Waals surface area contributed by atoms with Gasteiger partial charge in [0.05, 0.1) is 0 Å². The molecule has 0 unspecified atom stereocenters. The Hall–Kier alpha value is -1.04. The van der Waals surface area contributed by atoms with Gasteiger partial charge in [-0.3, -0.25) is 0 Å². The molecule has 0 saturated heterocycles. The van der Waals surface area contributed by atoms with E-state index < -0.39 is 0 Å². The molecule has 0 amide bonds. The van der Waals surface area contributed by atoms with E-state index in [0.717, 1.165) is 6.42 Å². The second kappa shape index (κ2) is 5.64. The van der Waals surface area contributed by atoms with Gasteiger partial charge >= 0.3 is 0 Å². The fraction of sp³-hybridized carbons (Fsp3) is 0.429. The van der Waals surface area contributed by atoms with E-state index in [1.54, 1.807) is 0 Å². The Bertz CT molecular complexity index is 267. The highest BCUT2D eigenvalue weighted by Crippen LogP contribution is 2.15. The van der Waals surface area contributed by atoms with E-state index in [0.29, 0.717) is 5.92 Å². The molecule has 0 radical (unpaired) electrons. The van der Waals surface area contributed by atoms with Crippen molar-refractivity contribution < 1.29 is 0 Å². The summed E-state index contributed by atoms with van der Waals surface area (Å²) in [6.07, 6.45) is 5.49. The van der Waals surface area contributed by atoms with Crippen LogP contribution in [0.3, 0.4) is 0 Å². The first kappa shape index (κ1) is 11.0. The molecule has 1 aromatic carbocycles. The smallest absolute Gasteiger partial charge is 0.0219 e. The Balaban J connectivity index is 2.51. The molecule has 1 aromatic rings. The summed E-state index contributed by atoms with van der Waals surface area (Å²) < 4.78 is 0. The zero-order valence-electron chi connectivity index (χ0n) is 9.29. The average molecular weight is 188 g/mol. The molecular weight excluding hydrogens is 168 g/mol. The maximum Gasteiger partial charge on any atom is -0.0219 e. The van der Waals surface area contributed by atoms with Crippen molar-refractivity contribution in [2.45, 2.75) is 39.0 Å². The number of hydrogen-bond acceptors (Lipinski definition) is 0. The van der Waals surface area contributed by atoms with Crippen LogP contribution in [0, 0.1) is 0 Å². The van der Waals surface area contributed by atoms with Crippen molar-refractivity contribution in [3.05, 3.63) is 48.0 Å². The largest absolute Gasteiger partial charge is 0.103 e. The minimum atomic E-state index is 0.636. The number of unbranched alkanes of at least 4 members (excludes halogenated alkanes) is 1. The molecule has 0 saturated carbocycles. The third kappa shape index (κ3) is 3.37. The minimum absolute atomic E-state index is 0.636. The lowest BCUT2D eigenvalue weighted by Gasteiger charge is -2.06. The molecule has 0 N–H and O–H groups in total. The van der Waals surface area contributed by atoms with Crippen LogP contribution in [0.2, 0.25) is 0 Å². The lowest BCUT2D eigenvalue weighted by molar-refractivity contribution is 0.836. The van der Waals surface area contributed by atoms with Crippen molar-refractivity contribution >= 4 is 0 Å². The zero-order valence-corrected chi connectivity index (χ0v) is 9.29. The van der Waals surface area contributed by atoms with E-state index in [4.69, 9.17) is 0 Å². The Morgan fingerprint density at radius 1 is 1.21 bits per heavy atom. The second-order valence-electron chi connectivity index (χ2n) is 4.08. The number of benzene rings is 1. The predicted molar refractivity (Wildman–Crippen MR) is 63.7 cm³/mol. The van der Waals surface area contributed by atoms with Crippen LogP contribution in [-0.4, -0.2) is 0 Å². The van der Waals surface area contributed by atoms with Crippen LogP contribution in [0.5, 0.6) is 0 Å². The van der Waals surface area contributed by atoms with Crippen LogP contribution in [0.4, 0.5) is 0 Å². The fourth-order valence-electron chi connectivity index (χ4n) is 1.52. The van der Waals surface area contributed by atoms with Gasteiger partial charge in [-0.1, -0.05) is 44.2 Å². The maximum absolute atomic E-state index is 3.73. The molecule has 0 aliphatic rings. The van der Waals surface area contributed by atoms with Gasteiger partial charge in [0.15, 0.2) is 0 Å². The Kier molecular flexibility index (Phi) is 4.45. The van der Waals surface area contributed by atoms with Crippen LogP contribution < -0.4 is 0 Å². The second-order valence-corrected chi connectivity index (χ2v) is 4.08. The molecule has 0 heterocycles. The summed E-state index contributed by atoms with van der Waals surface area (Å²) in [6.45, 7) is 8.19. The van der Waals surface area contributed by atoms with E-state index in [9.17, 15) is 0 Å². The van der Waals surface area contributed by atoms with Crippen molar-refractivity contribution in [2.75, 3.05) is 0 Å². The molecule has 0 spiro atoms. The molecule has 1 rings (SSSR count). The van der Waals surface area contributed by atoms with E-state index in [1.807, 2.05) is 6.08 Å². The maximum atomic E-state index is 3.73. The van der Waals surface area contributed by atoms with Gasteiger partial charge in [-0.15, -0.1) is 6.58 Å². The quantitative estimate of drug-likeness (QED) is 0.477. The molecule has 0 heteroatoms. The highest BCUT2D eigenvalue weighted by molar-refractivity contribution is 5.24. The Morgan fingerprint density at radius 2 is 1.86 bits per heavy atom. The summed E-state index contributed by atoms with van der Waals surface area (Å²) in [4.78, 5) is 0. The first-order valence-electron chi connectivity index (χ1n) is 5.43. The molecule has 0 aliphatic carbocycles. The molecule has 14 heavy (non-hydrogen) atoms. The summed E-state index contributed by atoms with van der Waals surface area (Å²) in [6, 6.07) is 8.98. The lowest BCUT2D eigenvalue weighted by atomic mass is 10.00. The monoisotopic (exact) mass is 188 g/mol. The topological polar surface area (TPSA) is 0 Å². The Labute approximate surface area is 87.7 Å². The third-order valence-corrected chi connectivity index (χ3v) is 2.52. The van der Waals surface area contributed by atoms with Gasteiger partial charge < -0.3 is 0 Å². The normalized spacial score (nSPS) is 10.5. The predicted octanol–water partition coefficient (Wildman–Crippen LogP) is 4.32. The molecule has 0 aliphatic heterocycles. The molecule has 76 valence electrons. The summed E-state index contributed by atoms with van der Waals surface area (Å²) in [5, 5.41) is 0. The zero-order chi connectivity index (χ0) is 10.4. The van der Waals surface area contributed by atoms with Gasteiger partial charge in [0.1, 0.15) is 0 Å². The molecule has 0 atom stereocenters. The van der Waals surface area contributed by atoms with Crippen LogP contribution in [0.15, 0.2) is 36.9 Å². The van der Waals surface area contributed by atoms with E-state index >= 15 is 0 Å². The summed E-state index contributed by atoms with van der Waals surface area (Å²) in [5.41, 5.74) is 2.87. The SMILES string of the molecule is C=CCCCc1ccc(C(C)C)cc1. The minimum Gasteiger partial charge on any atom is -0.103 e. The number of allylic oxidation sites excluding steroid dienone is 1. The van der Waals surface area contributed by atoms with Gasteiger partial charge in [0.2, 0.25) is 0 Å². The van der Waals surface area contributed by atoms with E-state index in [-0.39, 0.29) is 0 Å². The average Bonchev–Trinajstić information content (AvgIpc) is 2.19. The number of rotatable bonds is 5. The van der Waals surface area contributed by atoms with Crippen molar-refractivity contribution in [1.29, 1.82) is 0 Å². The summed E-state index contributed by atoms with van der Waals surface area (Å²) >= 11 is 0.